The topological polar surface area (TPSA) is 80.3 Å². The molecule has 0 radical (unpaired) electrons. The van der Waals surface area contributed by atoms with Gasteiger partial charge in [0.15, 0.2) is 16.7 Å². The fourth-order valence-electron chi connectivity index (χ4n) is 2.09. The second-order valence-corrected chi connectivity index (χ2v) is 5.87. The molecule has 0 saturated heterocycles. The molecular weight excluding hydrogens is 308 g/mol. The Bertz CT molecular complexity index is 846. The Morgan fingerprint density at radius 1 is 1.04 bits per heavy atom. The highest BCUT2D eigenvalue weighted by Gasteiger charge is 2.14. The van der Waals surface area contributed by atoms with Gasteiger partial charge in [0.05, 0.1) is 0 Å². The summed E-state index contributed by atoms with van der Waals surface area (Å²) in [6.07, 6.45) is 0. The quantitative estimate of drug-likeness (QED) is 0.734. The smallest absolute Gasteiger partial charge is 0.197 e. The lowest BCUT2D eigenvalue weighted by atomic mass is 10.1. The van der Waals surface area contributed by atoms with E-state index in [-0.39, 0.29) is 0 Å². The number of hydrogen-bond donors (Lipinski definition) is 0. The normalized spacial score (nSPS) is 10.5. The van der Waals surface area contributed by atoms with E-state index in [0.29, 0.717) is 10.7 Å². The van der Waals surface area contributed by atoms with Gasteiger partial charge in [0.25, 0.3) is 0 Å². The van der Waals surface area contributed by atoms with Crippen molar-refractivity contribution in [1.82, 2.24) is 25.0 Å². The molecule has 0 fully saturated rings. The highest BCUT2D eigenvalue weighted by atomic mass is 32.2. The average Bonchev–Trinajstić information content (AvgIpc) is 2.99. The zero-order chi connectivity index (χ0) is 16.2. The minimum atomic E-state index is 0.298. The molecule has 0 atom stereocenters. The van der Waals surface area contributed by atoms with Crippen LogP contribution >= 0.6 is 11.8 Å². The van der Waals surface area contributed by atoms with Crippen LogP contribution in [0, 0.1) is 18.3 Å². The van der Waals surface area contributed by atoms with Gasteiger partial charge in [-0.2, -0.15) is 5.26 Å². The number of nitriles is 1. The third kappa shape index (κ3) is 3.22. The molecule has 114 valence electrons. The monoisotopic (exact) mass is 322 g/mol. The minimum absolute atomic E-state index is 0.298. The summed E-state index contributed by atoms with van der Waals surface area (Å²) in [4.78, 5) is 0. The number of nitrogens with zero attached hydrogens (tertiary/aromatic N) is 6. The van der Waals surface area contributed by atoms with Crippen LogP contribution in [-0.4, -0.2) is 25.0 Å². The van der Waals surface area contributed by atoms with Crippen molar-refractivity contribution in [3.63, 3.8) is 0 Å². The number of aromatic nitrogens is 5. The summed E-state index contributed by atoms with van der Waals surface area (Å²) < 4.78 is 2.04. The van der Waals surface area contributed by atoms with Gasteiger partial charge < -0.3 is 4.57 Å². The van der Waals surface area contributed by atoms with Gasteiger partial charge in [0, 0.05) is 12.1 Å². The van der Waals surface area contributed by atoms with Crippen molar-refractivity contribution in [3.05, 3.63) is 47.7 Å². The molecule has 0 amide bonds. The van der Waals surface area contributed by atoms with Crippen molar-refractivity contribution in [1.29, 1.82) is 5.26 Å². The molecule has 6 nitrogen and oxygen atoms in total. The zero-order valence-electron chi connectivity index (χ0n) is 12.8. The zero-order valence-corrected chi connectivity index (χ0v) is 13.6. The van der Waals surface area contributed by atoms with Crippen LogP contribution in [0.15, 0.2) is 46.6 Å². The average molecular weight is 322 g/mol. The van der Waals surface area contributed by atoms with Crippen molar-refractivity contribution < 1.29 is 0 Å². The summed E-state index contributed by atoms with van der Waals surface area (Å²) in [5.74, 6) is 0.830. The van der Waals surface area contributed by atoms with Gasteiger partial charge in [-0.05, 0) is 37.7 Å². The summed E-state index contributed by atoms with van der Waals surface area (Å²) in [6.45, 7) is 4.86. The van der Waals surface area contributed by atoms with Crippen LogP contribution in [0.2, 0.25) is 0 Å². The minimum Gasteiger partial charge on any atom is -0.302 e. The van der Waals surface area contributed by atoms with E-state index < -0.39 is 0 Å². The van der Waals surface area contributed by atoms with Crippen LogP contribution < -0.4 is 0 Å². The number of hydrogen-bond acceptors (Lipinski definition) is 6. The van der Waals surface area contributed by atoms with Gasteiger partial charge in [-0.1, -0.05) is 29.8 Å². The van der Waals surface area contributed by atoms with Gasteiger partial charge >= 0.3 is 0 Å². The summed E-state index contributed by atoms with van der Waals surface area (Å²) >= 11 is 1.38. The van der Waals surface area contributed by atoms with Crippen LogP contribution in [-0.2, 0) is 6.54 Å². The van der Waals surface area contributed by atoms with Crippen LogP contribution in [0.1, 0.15) is 18.2 Å². The Balaban J connectivity index is 1.91. The second kappa shape index (κ2) is 6.58. The molecule has 23 heavy (non-hydrogen) atoms. The molecule has 0 saturated carbocycles. The predicted molar refractivity (Wildman–Crippen MR) is 86.7 cm³/mol. The molecule has 2 aromatic heterocycles. The summed E-state index contributed by atoms with van der Waals surface area (Å²) in [7, 11) is 0. The van der Waals surface area contributed by atoms with E-state index in [9.17, 15) is 0 Å². The maximum absolute atomic E-state index is 8.76. The molecule has 3 rings (SSSR count). The van der Waals surface area contributed by atoms with E-state index in [2.05, 4.69) is 46.4 Å². The first kappa shape index (κ1) is 15.2. The van der Waals surface area contributed by atoms with Gasteiger partial charge in [-0.15, -0.1) is 20.4 Å². The van der Waals surface area contributed by atoms with Crippen LogP contribution in [0.3, 0.4) is 0 Å². The Morgan fingerprint density at radius 2 is 1.83 bits per heavy atom. The summed E-state index contributed by atoms with van der Waals surface area (Å²) in [6, 6.07) is 13.6. The third-order valence-corrected chi connectivity index (χ3v) is 4.20. The fourth-order valence-corrected chi connectivity index (χ4v) is 2.91. The Hall–Kier alpha value is -2.72. The molecule has 2 heterocycles. The van der Waals surface area contributed by atoms with Gasteiger partial charge in [-0.25, -0.2) is 0 Å². The summed E-state index contributed by atoms with van der Waals surface area (Å²) in [5.41, 5.74) is 2.54. The van der Waals surface area contributed by atoms with Crippen LogP contribution in [0.25, 0.3) is 11.4 Å². The summed E-state index contributed by atoms with van der Waals surface area (Å²) in [5, 5.41) is 26.6. The van der Waals surface area contributed by atoms with E-state index in [0.717, 1.165) is 23.1 Å². The van der Waals surface area contributed by atoms with Gasteiger partial charge in [0.2, 0.25) is 0 Å². The molecular formula is C16H14N6S. The van der Waals surface area contributed by atoms with E-state index in [1.807, 2.05) is 22.8 Å². The molecule has 3 aromatic rings. The third-order valence-electron chi connectivity index (χ3n) is 3.29. The van der Waals surface area contributed by atoms with Crippen molar-refractivity contribution in [3.8, 4) is 17.5 Å². The number of aryl methyl sites for hydroxylation is 1. The lowest BCUT2D eigenvalue weighted by Crippen LogP contribution is -2.00. The van der Waals surface area contributed by atoms with E-state index in [1.54, 1.807) is 12.1 Å². The number of rotatable bonds is 4. The first-order chi connectivity index (χ1) is 11.2. The molecule has 0 unspecified atom stereocenters. The highest BCUT2D eigenvalue weighted by Crippen LogP contribution is 2.28. The molecule has 7 heteroatoms. The lowest BCUT2D eigenvalue weighted by Gasteiger charge is -2.07. The molecule has 0 spiro atoms. The first-order valence-corrected chi connectivity index (χ1v) is 7.95. The Labute approximate surface area is 138 Å². The lowest BCUT2D eigenvalue weighted by molar-refractivity contribution is 0.686. The van der Waals surface area contributed by atoms with E-state index in [4.69, 9.17) is 5.26 Å². The maximum atomic E-state index is 8.76. The molecule has 1 aromatic carbocycles. The Morgan fingerprint density at radius 3 is 2.43 bits per heavy atom. The second-order valence-electron chi connectivity index (χ2n) is 4.89. The van der Waals surface area contributed by atoms with Gasteiger partial charge in [0.1, 0.15) is 11.1 Å². The van der Waals surface area contributed by atoms with Crippen molar-refractivity contribution in [2.45, 2.75) is 30.6 Å². The highest BCUT2D eigenvalue weighted by molar-refractivity contribution is 7.99. The van der Waals surface area contributed by atoms with E-state index >= 15 is 0 Å². The molecule has 0 aliphatic carbocycles. The van der Waals surface area contributed by atoms with Crippen molar-refractivity contribution >= 4 is 11.8 Å². The van der Waals surface area contributed by atoms with Gasteiger partial charge in [-0.3, -0.25) is 0 Å². The molecule has 0 aliphatic rings. The molecule has 0 aliphatic heterocycles. The predicted octanol–water partition coefficient (Wildman–Crippen LogP) is 3.09. The van der Waals surface area contributed by atoms with Crippen molar-refractivity contribution in [2.24, 2.45) is 0 Å². The maximum Gasteiger partial charge on any atom is 0.197 e. The SMILES string of the molecule is CCn1c(Sc2ccc(C#N)nn2)nnc1-c1ccc(C)cc1. The van der Waals surface area contributed by atoms with Crippen LogP contribution in [0.5, 0.6) is 0 Å². The van der Waals surface area contributed by atoms with E-state index in [1.165, 1.54) is 17.3 Å². The molecule has 0 bridgehead atoms. The Kier molecular flexibility index (Phi) is 4.35. The van der Waals surface area contributed by atoms with Crippen LogP contribution in [0.4, 0.5) is 0 Å². The largest absolute Gasteiger partial charge is 0.302 e. The fraction of sp³-hybridized carbons (Fsp3) is 0.188. The van der Waals surface area contributed by atoms with Crippen molar-refractivity contribution in [2.75, 3.05) is 0 Å². The first-order valence-electron chi connectivity index (χ1n) is 7.13. The number of benzene rings is 1. The standard InChI is InChI=1S/C16H14N6S/c1-3-22-15(12-6-4-11(2)5-7-12)20-21-16(22)23-14-9-8-13(10-17)18-19-14/h4-9H,3H2,1-2H3. The molecule has 0 N–H and O–H groups in total.